The summed E-state index contributed by atoms with van der Waals surface area (Å²) < 4.78 is 15.4. The van der Waals surface area contributed by atoms with Gasteiger partial charge in [-0.05, 0) is 6.42 Å². The molecule has 1 aromatic rings. The number of carbonyl (C=O) groups excluding carboxylic acids is 1. The quantitative estimate of drug-likeness (QED) is 0.751. The van der Waals surface area contributed by atoms with Gasteiger partial charge in [0.05, 0.1) is 39.6 Å². The van der Waals surface area contributed by atoms with Gasteiger partial charge in [0.15, 0.2) is 0 Å². The fraction of sp³-hybridized carbons (Fsp3) is 0.688. The summed E-state index contributed by atoms with van der Waals surface area (Å²) >= 11 is 0. The van der Waals surface area contributed by atoms with Gasteiger partial charge >= 0.3 is 6.01 Å². The van der Waals surface area contributed by atoms with Crippen molar-refractivity contribution in [2.45, 2.75) is 12.0 Å². The molecule has 2 saturated heterocycles. The maximum Gasteiger partial charge on any atom is 0.320 e. The van der Waals surface area contributed by atoms with Gasteiger partial charge in [-0.1, -0.05) is 0 Å². The molecule has 2 fully saturated rings. The summed E-state index contributed by atoms with van der Waals surface area (Å²) in [7, 11) is 2.90. The number of methoxy groups -OCH3 is 2. The highest BCUT2D eigenvalue weighted by Gasteiger charge is 2.40. The van der Waals surface area contributed by atoms with Crippen molar-refractivity contribution in [2.75, 3.05) is 60.2 Å². The third-order valence-corrected chi connectivity index (χ3v) is 4.53. The molecule has 25 heavy (non-hydrogen) atoms. The lowest BCUT2D eigenvalue weighted by Crippen LogP contribution is -2.49. The molecule has 1 atom stereocenters. The number of aliphatic hydroxyl groups is 1. The van der Waals surface area contributed by atoms with Crippen molar-refractivity contribution in [1.29, 1.82) is 0 Å². The van der Waals surface area contributed by atoms with Crippen molar-refractivity contribution in [3.8, 4) is 11.9 Å². The Kier molecular flexibility index (Phi) is 5.36. The van der Waals surface area contributed by atoms with E-state index in [4.69, 9.17) is 14.2 Å². The van der Waals surface area contributed by atoms with Crippen LogP contribution in [0.4, 0.5) is 0 Å². The van der Waals surface area contributed by atoms with Crippen LogP contribution < -0.4 is 9.47 Å². The number of aromatic nitrogens is 2. The van der Waals surface area contributed by atoms with E-state index >= 15 is 0 Å². The number of likely N-dealkylation sites (tertiary alicyclic amines) is 1. The summed E-state index contributed by atoms with van der Waals surface area (Å²) in [4.78, 5) is 24.6. The number of amides is 1. The molecular formula is C16H24N4O5. The smallest absolute Gasteiger partial charge is 0.320 e. The highest BCUT2D eigenvalue weighted by molar-refractivity contribution is 5.93. The molecule has 0 spiro atoms. The molecule has 3 rings (SSSR count). The van der Waals surface area contributed by atoms with Crippen LogP contribution in [0.2, 0.25) is 0 Å². The molecule has 0 radical (unpaired) electrons. The van der Waals surface area contributed by atoms with E-state index in [0.717, 1.165) is 13.1 Å². The van der Waals surface area contributed by atoms with Crippen molar-refractivity contribution < 1.29 is 24.1 Å². The second-order valence-corrected chi connectivity index (χ2v) is 6.37. The van der Waals surface area contributed by atoms with Crippen LogP contribution in [0.3, 0.4) is 0 Å². The predicted molar refractivity (Wildman–Crippen MR) is 87.9 cm³/mol. The van der Waals surface area contributed by atoms with E-state index in [1.54, 1.807) is 4.90 Å². The molecule has 0 bridgehead atoms. The minimum absolute atomic E-state index is 0.0745. The van der Waals surface area contributed by atoms with Gasteiger partial charge < -0.3 is 24.2 Å². The van der Waals surface area contributed by atoms with E-state index in [-0.39, 0.29) is 30.0 Å². The number of hydrogen-bond acceptors (Lipinski definition) is 8. The fourth-order valence-electron chi connectivity index (χ4n) is 3.21. The second-order valence-electron chi connectivity index (χ2n) is 6.37. The van der Waals surface area contributed by atoms with E-state index in [9.17, 15) is 9.90 Å². The summed E-state index contributed by atoms with van der Waals surface area (Å²) in [5.74, 6) is -0.00474. The Labute approximate surface area is 146 Å². The molecule has 9 heteroatoms. The van der Waals surface area contributed by atoms with Gasteiger partial charge in [-0.3, -0.25) is 9.69 Å². The minimum atomic E-state index is -0.909. The predicted octanol–water partition coefficient (Wildman–Crippen LogP) is -0.597. The molecule has 2 aliphatic rings. The first kappa shape index (κ1) is 17.8. The number of ether oxygens (including phenoxy) is 3. The lowest BCUT2D eigenvalue weighted by molar-refractivity contribution is -0.0257. The highest BCUT2D eigenvalue weighted by atomic mass is 16.5. The Hall–Kier alpha value is -1.97. The topological polar surface area (TPSA) is 97.2 Å². The third-order valence-electron chi connectivity index (χ3n) is 4.53. The van der Waals surface area contributed by atoms with Crippen LogP contribution in [-0.4, -0.2) is 96.5 Å². The maximum atomic E-state index is 12.7. The Morgan fingerprint density at radius 3 is 2.72 bits per heavy atom. The number of morpholine rings is 1. The Bertz CT molecular complexity index is 600. The zero-order valence-electron chi connectivity index (χ0n) is 14.6. The molecule has 1 amide bonds. The first-order valence-corrected chi connectivity index (χ1v) is 8.32. The van der Waals surface area contributed by atoms with Gasteiger partial charge in [-0.25, -0.2) is 0 Å². The lowest BCUT2D eigenvalue weighted by Gasteiger charge is -2.33. The van der Waals surface area contributed by atoms with Gasteiger partial charge in [-0.15, -0.1) is 0 Å². The van der Waals surface area contributed by atoms with Gasteiger partial charge in [0, 0.05) is 32.2 Å². The fourth-order valence-corrected chi connectivity index (χ4v) is 3.21. The first-order valence-electron chi connectivity index (χ1n) is 8.32. The average molecular weight is 352 g/mol. The lowest BCUT2D eigenvalue weighted by atomic mass is 10.0. The zero-order valence-corrected chi connectivity index (χ0v) is 14.6. The maximum absolute atomic E-state index is 12.7. The molecule has 1 aromatic heterocycles. The third kappa shape index (κ3) is 4.17. The van der Waals surface area contributed by atoms with Gasteiger partial charge in [0.2, 0.25) is 5.88 Å². The van der Waals surface area contributed by atoms with Crippen LogP contribution in [0.15, 0.2) is 6.07 Å². The normalized spacial score (nSPS) is 24.4. The summed E-state index contributed by atoms with van der Waals surface area (Å²) in [5, 5.41) is 10.9. The molecule has 0 unspecified atom stereocenters. The number of rotatable bonds is 5. The Morgan fingerprint density at radius 1 is 1.28 bits per heavy atom. The number of nitrogens with zero attached hydrogens (tertiary/aromatic N) is 4. The zero-order chi connectivity index (χ0) is 17.9. The number of β-amino-alcohol motifs (C(OH)–C–C–N with tert-alkyl or cyclic N) is 1. The van der Waals surface area contributed by atoms with Gasteiger partial charge in [-0.2, -0.15) is 9.97 Å². The van der Waals surface area contributed by atoms with Crippen molar-refractivity contribution in [2.24, 2.45) is 0 Å². The molecule has 0 aromatic carbocycles. The standard InChI is InChI=1S/C16H24N4O5/c1-23-13-9-12(17-15(18-13)24-2)14(21)20-4-3-16(22,11-20)10-19-5-7-25-8-6-19/h9,22H,3-8,10-11H2,1-2H3/t16-/m0/s1. The van der Waals surface area contributed by atoms with E-state index in [1.807, 2.05) is 0 Å². The van der Waals surface area contributed by atoms with Crippen LogP contribution in [0.5, 0.6) is 11.9 Å². The van der Waals surface area contributed by atoms with E-state index in [2.05, 4.69) is 14.9 Å². The number of hydrogen-bond donors (Lipinski definition) is 1. The molecular weight excluding hydrogens is 328 g/mol. The first-order chi connectivity index (χ1) is 12.0. The molecule has 3 heterocycles. The van der Waals surface area contributed by atoms with Gasteiger partial charge in [0.1, 0.15) is 5.69 Å². The summed E-state index contributed by atoms with van der Waals surface area (Å²) in [5.41, 5.74) is -0.715. The molecule has 0 saturated carbocycles. The van der Waals surface area contributed by atoms with Crippen molar-refractivity contribution in [1.82, 2.24) is 19.8 Å². The summed E-state index contributed by atoms with van der Waals surface area (Å²) in [6.45, 7) is 4.26. The Morgan fingerprint density at radius 2 is 2.04 bits per heavy atom. The molecule has 1 N–H and O–H groups in total. The summed E-state index contributed by atoms with van der Waals surface area (Å²) in [6.07, 6.45) is 0.537. The van der Waals surface area contributed by atoms with Crippen LogP contribution >= 0.6 is 0 Å². The summed E-state index contributed by atoms with van der Waals surface area (Å²) in [6, 6.07) is 1.55. The van der Waals surface area contributed by atoms with E-state index in [1.165, 1.54) is 20.3 Å². The molecule has 2 aliphatic heterocycles. The molecule has 0 aliphatic carbocycles. The average Bonchev–Trinajstić information content (AvgIpc) is 3.03. The van der Waals surface area contributed by atoms with Crippen LogP contribution in [0, 0.1) is 0 Å². The van der Waals surface area contributed by atoms with Crippen LogP contribution in [0.1, 0.15) is 16.9 Å². The SMILES string of the molecule is COc1cc(C(=O)N2CC[C@](O)(CN3CCOCC3)C2)nc(OC)n1. The van der Waals surface area contributed by atoms with Crippen molar-refractivity contribution >= 4 is 5.91 Å². The number of carbonyl (C=O) groups is 1. The highest BCUT2D eigenvalue weighted by Crippen LogP contribution is 2.25. The Balaban J connectivity index is 1.67. The van der Waals surface area contributed by atoms with Gasteiger partial charge in [0.25, 0.3) is 5.91 Å². The van der Waals surface area contributed by atoms with Crippen LogP contribution in [0.25, 0.3) is 0 Å². The monoisotopic (exact) mass is 352 g/mol. The molecule has 138 valence electrons. The van der Waals surface area contributed by atoms with E-state index in [0.29, 0.717) is 32.7 Å². The van der Waals surface area contributed by atoms with Crippen LogP contribution in [-0.2, 0) is 4.74 Å². The second kappa shape index (κ2) is 7.51. The molecule has 9 nitrogen and oxygen atoms in total. The minimum Gasteiger partial charge on any atom is -0.481 e. The van der Waals surface area contributed by atoms with Crippen molar-refractivity contribution in [3.63, 3.8) is 0 Å². The van der Waals surface area contributed by atoms with Crippen molar-refractivity contribution in [3.05, 3.63) is 11.8 Å². The largest absolute Gasteiger partial charge is 0.481 e. The van der Waals surface area contributed by atoms with E-state index < -0.39 is 5.60 Å².